The van der Waals surface area contributed by atoms with Gasteiger partial charge in [0.25, 0.3) is 8.53 Å². The van der Waals surface area contributed by atoms with Gasteiger partial charge in [-0.3, -0.25) is 4.57 Å². The highest BCUT2D eigenvalue weighted by molar-refractivity contribution is 7.44. The van der Waals surface area contributed by atoms with Gasteiger partial charge in [-0.15, -0.1) is 0 Å². The minimum atomic E-state index is -1.41. The molecule has 0 N–H and O–H groups in total. The van der Waals surface area contributed by atoms with Crippen molar-refractivity contribution in [2.75, 3.05) is 20.3 Å². The van der Waals surface area contributed by atoms with E-state index in [2.05, 4.69) is 60.3 Å². The number of methoxy groups -OCH3 is 1. The van der Waals surface area contributed by atoms with E-state index in [0.29, 0.717) is 19.6 Å². The van der Waals surface area contributed by atoms with E-state index in [4.69, 9.17) is 23.8 Å². The summed E-state index contributed by atoms with van der Waals surface area (Å²) in [5.74, 6) is -0.0245. The van der Waals surface area contributed by atoms with Crippen LogP contribution in [0.2, 0.25) is 0 Å². The van der Waals surface area contributed by atoms with Crippen molar-refractivity contribution in [2.24, 2.45) is 5.92 Å². The van der Waals surface area contributed by atoms with Gasteiger partial charge in [0.1, 0.15) is 30.3 Å². The second kappa shape index (κ2) is 11.6. The van der Waals surface area contributed by atoms with Crippen LogP contribution in [0.1, 0.15) is 53.0 Å². The van der Waals surface area contributed by atoms with Crippen molar-refractivity contribution in [3.05, 3.63) is 18.3 Å². The molecule has 0 amide bonds. The Kier molecular flexibility index (Phi) is 9.10. The summed E-state index contributed by atoms with van der Waals surface area (Å²) in [7, 11) is 0.245. The van der Waals surface area contributed by atoms with Gasteiger partial charge in [0.2, 0.25) is 0 Å². The number of ether oxygens (including phenoxy) is 2. The lowest BCUT2D eigenvalue weighted by Gasteiger charge is -2.38. The predicted molar refractivity (Wildman–Crippen MR) is 125 cm³/mol. The maximum absolute atomic E-state index is 8.99. The van der Waals surface area contributed by atoms with Crippen molar-refractivity contribution in [1.82, 2.24) is 24.2 Å². The highest BCUT2D eigenvalue weighted by atomic mass is 31.2. The summed E-state index contributed by atoms with van der Waals surface area (Å²) in [6.45, 7) is 13.2. The molecule has 3 rings (SSSR count). The standard InChI is InChI=1S/C22H35N6O4P/c1-14(2)28(15(3)4)33(30-10-8-9-23)32-20-16(5)22(31-18(20)11-29-7)27-13-26-19-17(6)24-12-25-21(19)27/h12-16,18,20,22H,8,10-11H2,1-7H3/t16-,18+,20?,22+,33?/m0/s1. The molecule has 182 valence electrons. The number of nitrogens with zero attached hydrogens (tertiary/aromatic N) is 6. The lowest BCUT2D eigenvalue weighted by molar-refractivity contribution is -0.0516. The highest BCUT2D eigenvalue weighted by Gasteiger charge is 2.47. The summed E-state index contributed by atoms with van der Waals surface area (Å²) in [5.41, 5.74) is 2.31. The van der Waals surface area contributed by atoms with Gasteiger partial charge in [-0.1, -0.05) is 6.92 Å². The Morgan fingerprint density at radius 1 is 1.24 bits per heavy atom. The van der Waals surface area contributed by atoms with E-state index in [9.17, 15) is 0 Å². The van der Waals surface area contributed by atoms with Crippen LogP contribution >= 0.6 is 8.53 Å². The van der Waals surface area contributed by atoms with Gasteiger partial charge in [0, 0.05) is 25.1 Å². The number of rotatable bonds is 11. The van der Waals surface area contributed by atoms with Crippen LogP contribution in [0.5, 0.6) is 0 Å². The molecule has 0 aromatic carbocycles. The van der Waals surface area contributed by atoms with Crippen LogP contribution in [0.4, 0.5) is 0 Å². The Morgan fingerprint density at radius 2 is 1.97 bits per heavy atom. The molecule has 33 heavy (non-hydrogen) atoms. The van der Waals surface area contributed by atoms with Gasteiger partial charge in [-0.25, -0.2) is 19.6 Å². The molecule has 1 saturated heterocycles. The van der Waals surface area contributed by atoms with Gasteiger partial charge in [0.05, 0.1) is 37.7 Å². The monoisotopic (exact) mass is 478 g/mol. The molecule has 2 aromatic rings. The number of aryl methyl sites for hydroxylation is 1. The van der Waals surface area contributed by atoms with Gasteiger partial charge < -0.3 is 18.5 Å². The maximum Gasteiger partial charge on any atom is 0.259 e. The van der Waals surface area contributed by atoms with E-state index in [0.717, 1.165) is 16.9 Å². The highest BCUT2D eigenvalue weighted by Crippen LogP contribution is 2.51. The van der Waals surface area contributed by atoms with Crippen LogP contribution < -0.4 is 0 Å². The quantitative estimate of drug-likeness (QED) is 0.350. The molecule has 3 heterocycles. The van der Waals surface area contributed by atoms with E-state index in [-0.39, 0.29) is 36.4 Å². The first-order valence-corrected chi connectivity index (χ1v) is 12.5. The smallest absolute Gasteiger partial charge is 0.259 e. The molecular weight excluding hydrogens is 443 g/mol. The van der Waals surface area contributed by atoms with E-state index < -0.39 is 8.53 Å². The first-order valence-electron chi connectivity index (χ1n) is 11.3. The SMILES string of the molecule is COC[C@H]1O[C@@H](n2cnc3c(C)ncnc32)[C@@H](C)C1OP(OCCC#N)N(C(C)C)C(C)C. The summed E-state index contributed by atoms with van der Waals surface area (Å²) in [6, 6.07) is 2.57. The molecule has 1 aliphatic rings. The molecule has 0 saturated carbocycles. The number of nitriles is 1. The molecule has 0 radical (unpaired) electrons. The molecule has 10 nitrogen and oxygen atoms in total. The van der Waals surface area contributed by atoms with E-state index in [1.807, 2.05) is 11.5 Å². The average molecular weight is 479 g/mol. The lowest BCUT2D eigenvalue weighted by Crippen LogP contribution is -2.38. The number of imidazole rings is 1. The molecule has 2 aromatic heterocycles. The van der Waals surface area contributed by atoms with Crippen LogP contribution in [0, 0.1) is 24.2 Å². The number of aromatic nitrogens is 4. The van der Waals surface area contributed by atoms with Crippen molar-refractivity contribution < 1.29 is 18.5 Å². The second-order valence-electron chi connectivity index (χ2n) is 8.78. The summed E-state index contributed by atoms with van der Waals surface area (Å²) in [4.78, 5) is 13.2. The van der Waals surface area contributed by atoms with Gasteiger partial charge in [-0.05, 0) is 34.6 Å². The zero-order valence-corrected chi connectivity index (χ0v) is 21.4. The summed E-state index contributed by atoms with van der Waals surface area (Å²) < 4.78 is 28.9. The van der Waals surface area contributed by atoms with Crippen LogP contribution in [0.25, 0.3) is 11.2 Å². The van der Waals surface area contributed by atoms with Crippen molar-refractivity contribution in [3.63, 3.8) is 0 Å². The van der Waals surface area contributed by atoms with Gasteiger partial charge in [-0.2, -0.15) is 5.26 Å². The minimum Gasteiger partial charge on any atom is -0.382 e. The molecule has 11 heteroatoms. The molecule has 1 fully saturated rings. The molecule has 5 atom stereocenters. The first-order chi connectivity index (χ1) is 15.8. The molecular formula is C22H35N6O4P. The maximum atomic E-state index is 8.99. The number of fused-ring (bicyclic) bond motifs is 1. The fraction of sp³-hybridized carbons (Fsp3) is 0.727. The van der Waals surface area contributed by atoms with E-state index in [1.165, 1.54) is 0 Å². The molecule has 2 unspecified atom stereocenters. The Morgan fingerprint density at radius 3 is 2.61 bits per heavy atom. The fourth-order valence-corrected chi connectivity index (χ4v) is 6.06. The van der Waals surface area contributed by atoms with Crippen molar-refractivity contribution in [1.29, 1.82) is 5.26 Å². The largest absolute Gasteiger partial charge is 0.382 e. The third kappa shape index (κ3) is 5.68. The van der Waals surface area contributed by atoms with Crippen LogP contribution in [0.15, 0.2) is 12.7 Å². The Bertz CT molecular complexity index is 941. The topological polar surface area (TPSA) is 108 Å². The molecule has 0 aliphatic carbocycles. The van der Waals surface area contributed by atoms with Crippen molar-refractivity contribution in [3.8, 4) is 6.07 Å². The van der Waals surface area contributed by atoms with Crippen LogP contribution in [-0.4, -0.2) is 68.8 Å². The van der Waals surface area contributed by atoms with Crippen LogP contribution in [0.3, 0.4) is 0 Å². The van der Waals surface area contributed by atoms with E-state index in [1.54, 1.807) is 19.8 Å². The van der Waals surface area contributed by atoms with E-state index >= 15 is 0 Å². The minimum absolute atomic E-state index is 0.0245. The molecule has 1 aliphatic heterocycles. The Hall–Kier alpha value is -1.73. The fourth-order valence-electron chi connectivity index (χ4n) is 4.22. The first kappa shape index (κ1) is 25.9. The third-order valence-corrected chi connectivity index (χ3v) is 7.80. The van der Waals surface area contributed by atoms with Crippen LogP contribution in [-0.2, 0) is 18.5 Å². The zero-order chi connectivity index (χ0) is 24.1. The normalized spacial score (nSPS) is 24.3. The van der Waals surface area contributed by atoms with Gasteiger partial charge in [0.15, 0.2) is 5.65 Å². The Balaban J connectivity index is 1.89. The predicted octanol–water partition coefficient (Wildman–Crippen LogP) is 3.98. The molecule has 0 bridgehead atoms. The number of hydrogen-bond donors (Lipinski definition) is 0. The summed E-state index contributed by atoms with van der Waals surface area (Å²) in [6.07, 6.45) is 2.72. The molecule has 0 spiro atoms. The summed E-state index contributed by atoms with van der Waals surface area (Å²) >= 11 is 0. The van der Waals surface area contributed by atoms with Crippen molar-refractivity contribution >= 4 is 19.7 Å². The van der Waals surface area contributed by atoms with Crippen molar-refractivity contribution in [2.45, 2.75) is 78.5 Å². The average Bonchev–Trinajstić information content (AvgIpc) is 3.31. The lowest BCUT2D eigenvalue weighted by atomic mass is 10.0. The van der Waals surface area contributed by atoms with Gasteiger partial charge >= 0.3 is 0 Å². The Labute approximate surface area is 197 Å². The third-order valence-electron chi connectivity index (χ3n) is 5.67. The second-order valence-corrected chi connectivity index (χ2v) is 10.2. The zero-order valence-electron chi connectivity index (χ0n) is 20.5. The number of hydrogen-bond acceptors (Lipinski definition) is 9. The summed E-state index contributed by atoms with van der Waals surface area (Å²) in [5, 5.41) is 8.99.